The maximum atomic E-state index is 12.9. The van der Waals surface area contributed by atoms with Gasteiger partial charge in [0.1, 0.15) is 22.8 Å². The van der Waals surface area contributed by atoms with Crippen LogP contribution in [0.1, 0.15) is 37.5 Å². The Morgan fingerprint density at radius 1 is 1.00 bits per heavy atom. The number of hydrogen-bond donors (Lipinski definition) is 1. The molecular formula is C31H33NO5. The Morgan fingerprint density at radius 3 is 2.41 bits per heavy atom. The van der Waals surface area contributed by atoms with Gasteiger partial charge in [-0.15, -0.1) is 0 Å². The third-order valence-electron chi connectivity index (χ3n) is 6.43. The van der Waals surface area contributed by atoms with Crippen molar-refractivity contribution in [3.63, 3.8) is 0 Å². The van der Waals surface area contributed by atoms with Crippen LogP contribution in [-0.2, 0) is 11.2 Å². The minimum absolute atomic E-state index is 0.205. The summed E-state index contributed by atoms with van der Waals surface area (Å²) in [4.78, 5) is 12.9. The lowest BCUT2D eigenvalue weighted by atomic mass is 9.96. The van der Waals surface area contributed by atoms with Crippen molar-refractivity contribution >= 4 is 28.1 Å². The maximum Gasteiger partial charge on any atom is 0.248 e. The molecule has 1 heterocycles. The second-order valence-electron chi connectivity index (χ2n) is 8.77. The average molecular weight is 500 g/mol. The Balaban J connectivity index is 1.79. The highest BCUT2D eigenvalue weighted by molar-refractivity contribution is 6.06. The number of carbonyl (C=O) groups is 1. The highest BCUT2D eigenvalue weighted by Gasteiger charge is 2.21. The van der Waals surface area contributed by atoms with Crippen molar-refractivity contribution in [3.05, 3.63) is 77.6 Å². The Hall–Kier alpha value is -4.19. The number of fused-ring (bicyclic) bond motifs is 1. The van der Waals surface area contributed by atoms with Gasteiger partial charge in [-0.1, -0.05) is 19.1 Å². The number of amides is 1. The molecule has 1 aromatic heterocycles. The van der Waals surface area contributed by atoms with Gasteiger partial charge in [-0.25, -0.2) is 0 Å². The number of carbonyl (C=O) groups excluding carboxylic acids is 1. The van der Waals surface area contributed by atoms with Crippen LogP contribution in [0.5, 0.6) is 17.2 Å². The zero-order chi connectivity index (χ0) is 26.5. The number of hydrogen-bond acceptors (Lipinski definition) is 5. The summed E-state index contributed by atoms with van der Waals surface area (Å²) in [5.74, 6) is 1.91. The molecule has 0 atom stereocenters. The van der Waals surface area contributed by atoms with E-state index < -0.39 is 0 Å². The summed E-state index contributed by atoms with van der Waals surface area (Å²) >= 11 is 0. The van der Waals surface area contributed by atoms with Crippen LogP contribution in [0.4, 0.5) is 5.69 Å². The maximum absolute atomic E-state index is 12.9. The van der Waals surface area contributed by atoms with Crippen molar-refractivity contribution in [2.75, 3.05) is 26.1 Å². The van der Waals surface area contributed by atoms with Gasteiger partial charge in [0.2, 0.25) is 5.91 Å². The summed E-state index contributed by atoms with van der Waals surface area (Å²) in [6.07, 6.45) is 4.27. The first-order valence-corrected chi connectivity index (χ1v) is 12.4. The molecular weight excluding hydrogens is 466 g/mol. The molecule has 0 aliphatic carbocycles. The predicted molar refractivity (Wildman–Crippen MR) is 149 cm³/mol. The van der Waals surface area contributed by atoms with E-state index >= 15 is 0 Å². The molecule has 37 heavy (non-hydrogen) atoms. The summed E-state index contributed by atoms with van der Waals surface area (Å²) in [7, 11) is 3.27. The molecule has 6 heteroatoms. The van der Waals surface area contributed by atoms with Gasteiger partial charge in [0.25, 0.3) is 0 Å². The highest BCUT2D eigenvalue weighted by Crippen LogP contribution is 2.43. The second kappa shape index (κ2) is 11.2. The Labute approximate surface area is 217 Å². The van der Waals surface area contributed by atoms with Crippen LogP contribution >= 0.6 is 0 Å². The van der Waals surface area contributed by atoms with Gasteiger partial charge in [-0.2, -0.15) is 0 Å². The largest absolute Gasteiger partial charge is 0.497 e. The molecule has 0 unspecified atom stereocenters. The molecule has 1 amide bonds. The van der Waals surface area contributed by atoms with E-state index in [0.29, 0.717) is 23.9 Å². The van der Waals surface area contributed by atoms with Crippen molar-refractivity contribution in [2.24, 2.45) is 0 Å². The van der Waals surface area contributed by atoms with Crippen molar-refractivity contribution in [1.82, 2.24) is 0 Å². The number of anilines is 1. The lowest BCUT2D eigenvalue weighted by Gasteiger charge is -2.15. The third kappa shape index (κ3) is 5.33. The molecule has 0 fully saturated rings. The number of ether oxygens (including phenoxy) is 3. The summed E-state index contributed by atoms with van der Waals surface area (Å²) in [5, 5.41) is 3.85. The van der Waals surface area contributed by atoms with Crippen LogP contribution in [0, 0.1) is 6.92 Å². The van der Waals surface area contributed by atoms with Gasteiger partial charge in [0.05, 0.1) is 27.1 Å². The normalized spacial score (nSPS) is 11.5. The smallest absolute Gasteiger partial charge is 0.248 e. The molecule has 0 saturated heterocycles. The first-order valence-electron chi connectivity index (χ1n) is 12.4. The monoisotopic (exact) mass is 499 g/mol. The van der Waals surface area contributed by atoms with E-state index in [0.717, 1.165) is 50.9 Å². The molecule has 0 aliphatic rings. The van der Waals surface area contributed by atoms with E-state index in [1.807, 2.05) is 69.3 Å². The van der Waals surface area contributed by atoms with E-state index in [1.54, 1.807) is 26.6 Å². The van der Waals surface area contributed by atoms with Crippen molar-refractivity contribution in [2.45, 2.75) is 34.1 Å². The zero-order valence-electron chi connectivity index (χ0n) is 22.2. The molecule has 0 aliphatic heterocycles. The molecule has 3 aromatic carbocycles. The summed E-state index contributed by atoms with van der Waals surface area (Å²) in [6.45, 7) is 8.41. The SMILES string of the molecule is CCOc1c(/C(C)=C/C(=O)Nc2ccc(CC)cc2)cc2c(-c3cc(OC)ccc3OC)coc2c1C. The lowest BCUT2D eigenvalue weighted by molar-refractivity contribution is -0.111. The number of methoxy groups -OCH3 is 2. The number of benzene rings is 3. The quantitative estimate of drug-likeness (QED) is 0.243. The Kier molecular flexibility index (Phi) is 7.87. The molecule has 0 saturated carbocycles. The first kappa shape index (κ1) is 25.9. The van der Waals surface area contributed by atoms with Gasteiger partial charge in [0, 0.05) is 39.4 Å². The van der Waals surface area contributed by atoms with Crippen LogP contribution < -0.4 is 19.5 Å². The predicted octanol–water partition coefficient (Wildman–Crippen LogP) is 7.43. The molecule has 0 spiro atoms. The van der Waals surface area contributed by atoms with Gasteiger partial charge in [-0.05, 0) is 74.7 Å². The molecule has 4 aromatic rings. The van der Waals surface area contributed by atoms with Crippen LogP contribution in [0.3, 0.4) is 0 Å². The van der Waals surface area contributed by atoms with Crippen molar-refractivity contribution < 1.29 is 23.4 Å². The second-order valence-corrected chi connectivity index (χ2v) is 8.77. The fourth-order valence-electron chi connectivity index (χ4n) is 4.45. The van der Waals surface area contributed by atoms with E-state index in [-0.39, 0.29) is 5.91 Å². The van der Waals surface area contributed by atoms with E-state index in [2.05, 4.69) is 12.2 Å². The number of rotatable bonds is 9. The average Bonchev–Trinajstić information content (AvgIpc) is 3.34. The van der Waals surface area contributed by atoms with Gasteiger partial charge in [0.15, 0.2) is 0 Å². The Bertz CT molecular complexity index is 1450. The van der Waals surface area contributed by atoms with Gasteiger partial charge in [-0.3, -0.25) is 4.79 Å². The molecule has 0 bridgehead atoms. The molecule has 6 nitrogen and oxygen atoms in total. The topological polar surface area (TPSA) is 69.9 Å². The zero-order valence-corrected chi connectivity index (χ0v) is 22.2. The fraction of sp³-hybridized carbons (Fsp3) is 0.258. The number of furan rings is 1. The van der Waals surface area contributed by atoms with Gasteiger partial charge >= 0.3 is 0 Å². The van der Waals surface area contributed by atoms with Crippen LogP contribution in [0.15, 0.2) is 65.3 Å². The third-order valence-corrected chi connectivity index (χ3v) is 6.43. The van der Waals surface area contributed by atoms with Crippen LogP contribution in [0.25, 0.3) is 27.7 Å². The van der Waals surface area contributed by atoms with Crippen LogP contribution in [-0.4, -0.2) is 26.7 Å². The number of nitrogens with one attached hydrogen (secondary N) is 1. The number of aryl methyl sites for hydroxylation is 2. The van der Waals surface area contributed by atoms with Crippen molar-refractivity contribution in [3.8, 4) is 28.4 Å². The lowest BCUT2D eigenvalue weighted by Crippen LogP contribution is -2.09. The summed E-state index contributed by atoms with van der Waals surface area (Å²) in [6, 6.07) is 15.5. The van der Waals surface area contributed by atoms with Crippen LogP contribution in [0.2, 0.25) is 0 Å². The molecule has 1 N–H and O–H groups in total. The van der Waals surface area contributed by atoms with E-state index in [1.165, 1.54) is 5.56 Å². The summed E-state index contributed by atoms with van der Waals surface area (Å²) < 4.78 is 23.1. The first-order chi connectivity index (χ1) is 17.9. The molecule has 192 valence electrons. The van der Waals surface area contributed by atoms with Gasteiger partial charge < -0.3 is 23.9 Å². The summed E-state index contributed by atoms with van der Waals surface area (Å²) in [5.41, 5.74) is 6.89. The fourth-order valence-corrected chi connectivity index (χ4v) is 4.45. The number of allylic oxidation sites excluding steroid dienone is 1. The van der Waals surface area contributed by atoms with E-state index in [4.69, 9.17) is 18.6 Å². The highest BCUT2D eigenvalue weighted by atomic mass is 16.5. The molecule has 4 rings (SSSR count). The molecule has 0 radical (unpaired) electrons. The standard InChI is InChI=1S/C31H33NO5/c1-7-21-9-11-22(12-10-21)32-29(33)15-19(3)24-17-26-27(18-37-31(26)20(4)30(24)36-8-2)25-16-23(34-5)13-14-28(25)35-6/h9-18H,7-8H2,1-6H3,(H,32,33)/b19-15+. The Morgan fingerprint density at radius 2 is 1.76 bits per heavy atom. The van der Waals surface area contributed by atoms with Crippen molar-refractivity contribution in [1.29, 1.82) is 0 Å². The minimum atomic E-state index is -0.205. The van der Waals surface area contributed by atoms with E-state index in [9.17, 15) is 4.79 Å². The minimum Gasteiger partial charge on any atom is -0.497 e.